The maximum absolute atomic E-state index is 10.7. The van der Waals surface area contributed by atoms with Gasteiger partial charge < -0.3 is 0 Å². The second-order valence-electron chi connectivity index (χ2n) is 1.69. The largest absolute Gasteiger partial charge is 1.00 e. The molecule has 0 amide bonds. The number of hydrogen-bond donors (Lipinski definition) is 0. The van der Waals surface area contributed by atoms with Crippen molar-refractivity contribution in [3.63, 3.8) is 0 Å². The third kappa shape index (κ3) is 3.41. The van der Waals surface area contributed by atoms with Gasteiger partial charge in [-0.15, -0.1) is 0 Å². The third-order valence-electron chi connectivity index (χ3n) is 1.02. The fourth-order valence-corrected chi connectivity index (χ4v) is 1.08. The van der Waals surface area contributed by atoms with Crippen LogP contribution in [0.5, 0.6) is 0 Å². The van der Waals surface area contributed by atoms with Crippen LogP contribution in [0.1, 0.15) is 0 Å². The molecule has 0 aliphatic carbocycles. The molecule has 0 aliphatic heterocycles. The Morgan fingerprint density at radius 2 is 1.90 bits per heavy atom. The van der Waals surface area contributed by atoms with Gasteiger partial charge in [0.2, 0.25) is 0 Å². The van der Waals surface area contributed by atoms with Crippen LogP contribution in [0.25, 0.3) is 0 Å². The van der Waals surface area contributed by atoms with Crippen LogP contribution in [0.4, 0.5) is 0 Å². The molecule has 48 valence electrons. The van der Waals surface area contributed by atoms with Gasteiger partial charge in [0.15, 0.2) is 0 Å². The summed E-state index contributed by atoms with van der Waals surface area (Å²) in [5, 5.41) is 0. The van der Waals surface area contributed by atoms with Gasteiger partial charge in [0.25, 0.3) is 0 Å². The van der Waals surface area contributed by atoms with Crippen molar-refractivity contribution in [3.8, 4) is 0 Å². The van der Waals surface area contributed by atoms with Gasteiger partial charge >= 0.3 is 51.4 Å². The van der Waals surface area contributed by atoms with Crippen molar-refractivity contribution in [2.45, 2.75) is 4.90 Å². The van der Waals surface area contributed by atoms with E-state index >= 15 is 0 Å². The molecule has 0 radical (unpaired) electrons. The van der Waals surface area contributed by atoms with Crippen LogP contribution in [-0.2, 0) is 10.8 Å². The van der Waals surface area contributed by atoms with Gasteiger partial charge in [-0.3, -0.25) is 4.21 Å². The molecule has 1 unspecified atom stereocenters. The fraction of sp³-hybridized carbons (Fsp3) is 0.143. The van der Waals surface area contributed by atoms with E-state index in [1.165, 1.54) is 0 Å². The summed E-state index contributed by atoms with van der Waals surface area (Å²) in [6.45, 7) is 0. The molecular formula is C7H7KOS. The van der Waals surface area contributed by atoms with Gasteiger partial charge in [-0.1, -0.05) is 4.90 Å². The van der Waals surface area contributed by atoms with E-state index in [1.807, 2.05) is 0 Å². The molecule has 1 rings (SSSR count). The van der Waals surface area contributed by atoms with E-state index in [2.05, 4.69) is 6.07 Å². The topological polar surface area (TPSA) is 17.1 Å². The van der Waals surface area contributed by atoms with Crippen LogP contribution >= 0.6 is 0 Å². The van der Waals surface area contributed by atoms with E-state index in [0.717, 1.165) is 4.90 Å². The monoisotopic (exact) mass is 178 g/mol. The Hall–Kier alpha value is 1.01. The second-order valence-corrected chi connectivity index (χ2v) is 3.07. The molecule has 0 bridgehead atoms. The van der Waals surface area contributed by atoms with Crippen molar-refractivity contribution >= 4 is 10.8 Å². The molecular weight excluding hydrogens is 171 g/mol. The predicted molar refractivity (Wildman–Crippen MR) is 37.6 cm³/mol. The zero-order valence-corrected chi connectivity index (χ0v) is 10.1. The number of rotatable bonds is 1. The summed E-state index contributed by atoms with van der Waals surface area (Å²) in [6, 6.07) is 9.98. The Kier molecular flexibility index (Phi) is 6.20. The molecule has 0 fully saturated rings. The second kappa shape index (κ2) is 5.63. The first-order chi connectivity index (χ1) is 4.30. The van der Waals surface area contributed by atoms with Gasteiger partial charge in [0.05, 0.1) is 0 Å². The molecule has 0 heterocycles. The smallest absolute Gasteiger partial charge is 0.257 e. The van der Waals surface area contributed by atoms with Crippen LogP contribution in [0.2, 0.25) is 0 Å². The molecule has 10 heavy (non-hydrogen) atoms. The molecule has 1 aromatic carbocycles. The third-order valence-corrected chi connectivity index (χ3v) is 1.96. The van der Waals surface area contributed by atoms with Crippen molar-refractivity contribution < 1.29 is 55.6 Å². The van der Waals surface area contributed by atoms with E-state index in [0.29, 0.717) is 0 Å². The van der Waals surface area contributed by atoms with Crippen molar-refractivity contribution in [2.24, 2.45) is 0 Å². The molecule has 0 aromatic heterocycles. The summed E-state index contributed by atoms with van der Waals surface area (Å²) in [4.78, 5) is 0.855. The van der Waals surface area contributed by atoms with E-state index in [4.69, 9.17) is 0 Å². The summed E-state index contributed by atoms with van der Waals surface area (Å²) in [5.74, 6) is 0. The van der Waals surface area contributed by atoms with E-state index in [1.54, 1.807) is 30.5 Å². The fourth-order valence-electron chi connectivity index (χ4n) is 0.563. The average Bonchev–Trinajstić information content (AvgIpc) is 1.90. The van der Waals surface area contributed by atoms with Crippen LogP contribution in [0, 0.1) is 6.07 Å². The Balaban J connectivity index is 0.000000810. The first-order valence-electron chi connectivity index (χ1n) is 2.60. The summed E-state index contributed by atoms with van der Waals surface area (Å²) >= 11 is 0. The zero-order chi connectivity index (χ0) is 6.69. The summed E-state index contributed by atoms with van der Waals surface area (Å²) in [5.41, 5.74) is 0. The van der Waals surface area contributed by atoms with Gasteiger partial charge in [-0.2, -0.15) is 30.3 Å². The molecule has 0 saturated heterocycles. The molecule has 1 nitrogen and oxygen atoms in total. The summed E-state index contributed by atoms with van der Waals surface area (Å²) in [7, 11) is -0.849. The summed E-state index contributed by atoms with van der Waals surface area (Å²) < 4.78 is 10.7. The SMILES string of the molecule is CS(=O)c1cc[c-]cc1.[K+]. The Morgan fingerprint density at radius 1 is 1.40 bits per heavy atom. The van der Waals surface area contributed by atoms with Gasteiger partial charge in [0.1, 0.15) is 0 Å². The summed E-state index contributed by atoms with van der Waals surface area (Å²) in [6.07, 6.45) is 1.66. The van der Waals surface area contributed by atoms with Crippen molar-refractivity contribution in [1.29, 1.82) is 0 Å². The van der Waals surface area contributed by atoms with E-state index < -0.39 is 10.8 Å². The molecule has 0 aliphatic rings. The van der Waals surface area contributed by atoms with Crippen molar-refractivity contribution in [2.75, 3.05) is 6.26 Å². The molecule has 3 heteroatoms. The average molecular weight is 178 g/mol. The first-order valence-corrected chi connectivity index (χ1v) is 4.16. The number of hydrogen-bond acceptors (Lipinski definition) is 1. The molecule has 1 aromatic rings. The standard InChI is InChI=1S/C7H7OS.K/c1-9(8)7-5-3-2-4-6-7;/h3-6H,1H3;/q-1;+1. The predicted octanol–water partition coefficient (Wildman–Crippen LogP) is -1.77. The van der Waals surface area contributed by atoms with Crippen molar-refractivity contribution in [3.05, 3.63) is 30.3 Å². The van der Waals surface area contributed by atoms with E-state index in [9.17, 15) is 4.21 Å². The van der Waals surface area contributed by atoms with Gasteiger partial charge in [0, 0.05) is 17.1 Å². The Labute approximate surface area is 106 Å². The number of benzene rings is 1. The quantitative estimate of drug-likeness (QED) is 0.367. The van der Waals surface area contributed by atoms with Gasteiger partial charge in [-0.05, 0) is 0 Å². The minimum atomic E-state index is -0.849. The Morgan fingerprint density at radius 3 is 2.20 bits per heavy atom. The van der Waals surface area contributed by atoms with E-state index in [-0.39, 0.29) is 51.4 Å². The molecule has 0 spiro atoms. The van der Waals surface area contributed by atoms with Gasteiger partial charge in [-0.25, -0.2) is 0 Å². The molecule has 0 saturated carbocycles. The minimum Gasteiger partial charge on any atom is -0.257 e. The first kappa shape index (κ1) is 11.0. The maximum Gasteiger partial charge on any atom is 1.00 e. The Bertz CT molecular complexity index is 210. The zero-order valence-electron chi connectivity index (χ0n) is 6.13. The van der Waals surface area contributed by atoms with Crippen LogP contribution in [0.3, 0.4) is 0 Å². The minimum absolute atomic E-state index is 0. The maximum atomic E-state index is 10.7. The van der Waals surface area contributed by atoms with Crippen LogP contribution in [-0.4, -0.2) is 10.5 Å². The van der Waals surface area contributed by atoms with Crippen molar-refractivity contribution in [1.82, 2.24) is 0 Å². The molecule has 0 N–H and O–H groups in total. The molecule has 1 atom stereocenters. The van der Waals surface area contributed by atoms with Crippen LogP contribution in [0.15, 0.2) is 29.2 Å². The van der Waals surface area contributed by atoms with Crippen LogP contribution < -0.4 is 51.4 Å². The normalized spacial score (nSPS) is 11.7.